The topological polar surface area (TPSA) is 26.7 Å². The van der Waals surface area contributed by atoms with Crippen LogP contribution >= 0.6 is 0 Å². The molecule has 21 heavy (non-hydrogen) atoms. The largest absolute Gasteiger partial charge is 0.391 e. The van der Waals surface area contributed by atoms with Gasteiger partial charge in [-0.1, -0.05) is 38.1 Å². The van der Waals surface area contributed by atoms with Gasteiger partial charge in [-0.15, -0.1) is 0 Å². The molecular weight excluding hydrogens is 260 g/mol. The fraction of sp³-hybridized carbons (Fsp3) is 0.667. The molecule has 1 aliphatic heterocycles. The van der Waals surface area contributed by atoms with E-state index in [1.54, 1.807) is 0 Å². The predicted octanol–water partition coefficient (Wildman–Crippen LogP) is 2.35. The van der Waals surface area contributed by atoms with Crippen LogP contribution < -0.4 is 0 Å². The maximum atomic E-state index is 10.7. The molecule has 2 unspecified atom stereocenters. The van der Waals surface area contributed by atoms with Crippen molar-refractivity contribution in [3.63, 3.8) is 0 Å². The van der Waals surface area contributed by atoms with E-state index < -0.39 is 0 Å². The molecule has 2 atom stereocenters. The van der Waals surface area contributed by atoms with Crippen LogP contribution in [0.15, 0.2) is 24.3 Å². The molecule has 2 rings (SSSR count). The maximum absolute atomic E-state index is 10.7. The average Bonchev–Trinajstić information content (AvgIpc) is 2.61. The summed E-state index contributed by atoms with van der Waals surface area (Å²) in [6.07, 6.45) is 1.61. The minimum absolute atomic E-state index is 0.224. The van der Waals surface area contributed by atoms with Gasteiger partial charge in [-0.05, 0) is 57.1 Å². The third kappa shape index (κ3) is 4.53. The van der Waals surface area contributed by atoms with Crippen molar-refractivity contribution in [2.75, 3.05) is 33.7 Å². The molecule has 0 aliphatic carbocycles. The highest BCUT2D eigenvalue weighted by molar-refractivity contribution is 5.25. The minimum atomic E-state index is -0.305. The van der Waals surface area contributed by atoms with Crippen molar-refractivity contribution in [1.29, 1.82) is 0 Å². The fourth-order valence-electron chi connectivity index (χ4n) is 3.14. The van der Waals surface area contributed by atoms with Crippen molar-refractivity contribution >= 4 is 0 Å². The van der Waals surface area contributed by atoms with Crippen molar-refractivity contribution in [3.8, 4) is 0 Å². The van der Waals surface area contributed by atoms with E-state index in [4.69, 9.17) is 0 Å². The first-order chi connectivity index (χ1) is 9.97. The lowest BCUT2D eigenvalue weighted by atomic mass is 9.97. The van der Waals surface area contributed by atoms with Gasteiger partial charge in [-0.3, -0.25) is 4.90 Å². The van der Waals surface area contributed by atoms with Crippen LogP contribution in [-0.4, -0.2) is 60.8 Å². The fourth-order valence-corrected chi connectivity index (χ4v) is 3.14. The van der Waals surface area contributed by atoms with Crippen LogP contribution in [0.4, 0.5) is 0 Å². The van der Waals surface area contributed by atoms with Gasteiger partial charge in [-0.2, -0.15) is 0 Å². The maximum Gasteiger partial charge on any atom is 0.0747 e. The highest BCUT2D eigenvalue weighted by atomic mass is 16.3. The Kier molecular flexibility index (Phi) is 5.80. The molecule has 3 nitrogen and oxygen atoms in total. The SMILES string of the molecule is CC(C)c1ccc(CC(O)C2CN(C)CCCN2C)cc1. The van der Waals surface area contributed by atoms with Gasteiger partial charge in [-0.25, -0.2) is 0 Å². The summed E-state index contributed by atoms with van der Waals surface area (Å²) in [6.45, 7) is 7.55. The van der Waals surface area contributed by atoms with Gasteiger partial charge in [0.05, 0.1) is 6.10 Å². The van der Waals surface area contributed by atoms with E-state index in [-0.39, 0.29) is 12.1 Å². The molecule has 1 aliphatic rings. The third-order valence-electron chi connectivity index (χ3n) is 4.65. The quantitative estimate of drug-likeness (QED) is 0.922. The Morgan fingerprint density at radius 2 is 1.81 bits per heavy atom. The zero-order valence-corrected chi connectivity index (χ0v) is 13.9. The van der Waals surface area contributed by atoms with Crippen LogP contribution in [0.25, 0.3) is 0 Å². The van der Waals surface area contributed by atoms with E-state index in [0.29, 0.717) is 5.92 Å². The molecule has 1 aromatic rings. The van der Waals surface area contributed by atoms with E-state index in [2.05, 4.69) is 62.0 Å². The van der Waals surface area contributed by atoms with Gasteiger partial charge < -0.3 is 10.0 Å². The van der Waals surface area contributed by atoms with E-state index >= 15 is 0 Å². The van der Waals surface area contributed by atoms with Gasteiger partial charge >= 0.3 is 0 Å². The van der Waals surface area contributed by atoms with Gasteiger partial charge in [0.15, 0.2) is 0 Å². The summed E-state index contributed by atoms with van der Waals surface area (Å²) >= 11 is 0. The second kappa shape index (κ2) is 7.39. The van der Waals surface area contributed by atoms with Crippen molar-refractivity contribution in [2.45, 2.75) is 44.8 Å². The highest BCUT2D eigenvalue weighted by Gasteiger charge is 2.27. The number of likely N-dealkylation sites (N-methyl/N-ethyl adjacent to an activating group) is 2. The van der Waals surface area contributed by atoms with Gasteiger partial charge in [0.1, 0.15) is 0 Å². The molecular formula is C18H30N2O. The average molecular weight is 290 g/mol. The zero-order chi connectivity index (χ0) is 15.4. The Morgan fingerprint density at radius 3 is 2.43 bits per heavy atom. The molecule has 0 saturated carbocycles. The Hall–Kier alpha value is -0.900. The van der Waals surface area contributed by atoms with Crippen LogP contribution in [0.5, 0.6) is 0 Å². The Morgan fingerprint density at radius 1 is 1.14 bits per heavy atom. The second-order valence-electron chi connectivity index (χ2n) is 6.83. The lowest BCUT2D eigenvalue weighted by Crippen LogP contribution is -2.46. The lowest BCUT2D eigenvalue weighted by Gasteiger charge is -2.31. The molecule has 0 spiro atoms. The number of aliphatic hydroxyl groups excluding tert-OH is 1. The van der Waals surface area contributed by atoms with E-state index in [1.165, 1.54) is 17.5 Å². The first kappa shape index (κ1) is 16.5. The molecule has 0 amide bonds. The van der Waals surface area contributed by atoms with E-state index in [0.717, 1.165) is 26.1 Å². The van der Waals surface area contributed by atoms with Crippen molar-refractivity contribution in [3.05, 3.63) is 35.4 Å². The van der Waals surface area contributed by atoms with Crippen LogP contribution in [-0.2, 0) is 6.42 Å². The van der Waals surface area contributed by atoms with E-state index in [1.807, 2.05) is 0 Å². The molecule has 3 heteroatoms. The summed E-state index contributed by atoms with van der Waals surface area (Å²) in [4.78, 5) is 4.65. The number of aliphatic hydroxyl groups is 1. The Balaban J connectivity index is 2.00. The Bertz CT molecular complexity index is 429. The summed E-state index contributed by atoms with van der Waals surface area (Å²) in [5.74, 6) is 0.561. The third-order valence-corrected chi connectivity index (χ3v) is 4.65. The van der Waals surface area contributed by atoms with Gasteiger partial charge in [0, 0.05) is 12.6 Å². The smallest absolute Gasteiger partial charge is 0.0747 e. The number of nitrogens with zero attached hydrogens (tertiary/aromatic N) is 2. The summed E-state index contributed by atoms with van der Waals surface area (Å²) in [6, 6.07) is 8.94. The number of hydrogen-bond donors (Lipinski definition) is 1. The number of rotatable bonds is 4. The predicted molar refractivity (Wildman–Crippen MR) is 88.8 cm³/mol. The van der Waals surface area contributed by atoms with Crippen molar-refractivity contribution < 1.29 is 5.11 Å². The summed E-state index contributed by atoms with van der Waals surface area (Å²) in [5.41, 5.74) is 2.59. The monoisotopic (exact) mass is 290 g/mol. The molecule has 0 bridgehead atoms. The molecule has 118 valence electrons. The normalized spacial score (nSPS) is 23.2. The molecule has 1 saturated heterocycles. The Labute approximate surface area is 129 Å². The van der Waals surface area contributed by atoms with Crippen LogP contribution in [0.2, 0.25) is 0 Å². The van der Waals surface area contributed by atoms with E-state index in [9.17, 15) is 5.11 Å². The molecule has 0 radical (unpaired) electrons. The van der Waals surface area contributed by atoms with Crippen LogP contribution in [0.1, 0.15) is 37.3 Å². The molecule has 0 aromatic heterocycles. The molecule has 1 N–H and O–H groups in total. The van der Waals surface area contributed by atoms with Gasteiger partial charge in [0.2, 0.25) is 0 Å². The summed E-state index contributed by atoms with van der Waals surface area (Å²) in [5, 5.41) is 10.7. The number of benzene rings is 1. The first-order valence-corrected chi connectivity index (χ1v) is 8.13. The van der Waals surface area contributed by atoms with Crippen molar-refractivity contribution in [1.82, 2.24) is 9.80 Å². The number of hydrogen-bond acceptors (Lipinski definition) is 3. The molecule has 1 aromatic carbocycles. The summed E-state index contributed by atoms with van der Waals surface area (Å²) < 4.78 is 0. The summed E-state index contributed by atoms with van der Waals surface area (Å²) in [7, 11) is 4.28. The second-order valence-corrected chi connectivity index (χ2v) is 6.83. The van der Waals surface area contributed by atoms with Crippen LogP contribution in [0, 0.1) is 0 Å². The zero-order valence-electron chi connectivity index (χ0n) is 13.9. The minimum Gasteiger partial charge on any atom is -0.391 e. The van der Waals surface area contributed by atoms with Gasteiger partial charge in [0.25, 0.3) is 0 Å². The van der Waals surface area contributed by atoms with Crippen molar-refractivity contribution in [2.24, 2.45) is 0 Å². The molecule has 1 fully saturated rings. The highest BCUT2D eigenvalue weighted by Crippen LogP contribution is 2.18. The van der Waals surface area contributed by atoms with Crippen LogP contribution in [0.3, 0.4) is 0 Å². The molecule has 1 heterocycles. The standard InChI is InChI=1S/C18H30N2O/c1-14(2)16-8-6-15(7-9-16)12-18(21)17-13-19(3)10-5-11-20(17)4/h6-9,14,17-18,21H,5,10-13H2,1-4H3. The lowest BCUT2D eigenvalue weighted by molar-refractivity contribution is 0.0581. The first-order valence-electron chi connectivity index (χ1n) is 8.13.